The number of fused-ring (bicyclic) bond motifs is 3. The maximum atomic E-state index is 13.1. The fourth-order valence-corrected chi connectivity index (χ4v) is 3.19. The van der Waals surface area contributed by atoms with Crippen LogP contribution >= 0.6 is 0 Å². The van der Waals surface area contributed by atoms with E-state index in [9.17, 15) is 4.79 Å². The molecule has 0 fully saturated rings. The van der Waals surface area contributed by atoms with E-state index >= 15 is 0 Å². The molecule has 1 aliphatic rings. The van der Waals surface area contributed by atoms with E-state index in [0.29, 0.717) is 13.0 Å². The molecule has 1 N–H and O–H groups in total. The summed E-state index contributed by atoms with van der Waals surface area (Å²) in [5, 5.41) is 5.35. The average molecular weight is 318 g/mol. The maximum Gasteiger partial charge on any atom is 0.257 e. The Kier molecular flexibility index (Phi) is 3.41. The molecule has 3 aromatic rings. The highest BCUT2D eigenvalue weighted by molar-refractivity contribution is 5.98. The molecule has 0 bridgehead atoms. The van der Waals surface area contributed by atoms with Crippen molar-refractivity contribution in [2.45, 2.75) is 26.8 Å². The van der Waals surface area contributed by atoms with Crippen molar-refractivity contribution in [1.82, 2.24) is 9.55 Å². The van der Waals surface area contributed by atoms with Crippen LogP contribution in [0.3, 0.4) is 0 Å². The van der Waals surface area contributed by atoms with Gasteiger partial charge in [0.1, 0.15) is 0 Å². The van der Waals surface area contributed by atoms with Crippen molar-refractivity contribution in [3.63, 3.8) is 0 Å². The van der Waals surface area contributed by atoms with Gasteiger partial charge in [0.15, 0.2) is 0 Å². The van der Waals surface area contributed by atoms with Crippen LogP contribution in [0.4, 0.5) is 5.69 Å². The highest BCUT2D eigenvalue weighted by Gasteiger charge is 2.20. The highest BCUT2D eigenvalue weighted by Crippen LogP contribution is 2.29. The van der Waals surface area contributed by atoms with Crippen molar-refractivity contribution in [3.05, 3.63) is 69.8 Å². The molecule has 5 nitrogen and oxygen atoms in total. The first-order valence-electron chi connectivity index (χ1n) is 7.97. The van der Waals surface area contributed by atoms with Gasteiger partial charge in [-0.05, 0) is 43.7 Å². The summed E-state index contributed by atoms with van der Waals surface area (Å²) in [6.45, 7) is 4.52. The van der Waals surface area contributed by atoms with Gasteiger partial charge in [-0.15, -0.1) is 0 Å². The predicted molar refractivity (Wildman–Crippen MR) is 96.7 cm³/mol. The van der Waals surface area contributed by atoms with Crippen LogP contribution in [0.5, 0.6) is 0 Å². The largest absolute Gasteiger partial charge is 0.303 e. The van der Waals surface area contributed by atoms with Crippen molar-refractivity contribution >= 4 is 22.3 Å². The molecule has 0 unspecified atom stereocenters. The van der Waals surface area contributed by atoms with E-state index < -0.39 is 0 Å². The van der Waals surface area contributed by atoms with Gasteiger partial charge in [-0.3, -0.25) is 15.2 Å². The van der Waals surface area contributed by atoms with Crippen molar-refractivity contribution in [2.24, 2.45) is 5.10 Å². The van der Waals surface area contributed by atoms with Crippen LogP contribution in [-0.2, 0) is 13.0 Å². The van der Waals surface area contributed by atoms with Crippen molar-refractivity contribution in [3.8, 4) is 0 Å². The molecule has 1 aliphatic heterocycles. The zero-order valence-electron chi connectivity index (χ0n) is 13.7. The van der Waals surface area contributed by atoms with Crippen LogP contribution in [0, 0.1) is 6.92 Å². The fourth-order valence-electron chi connectivity index (χ4n) is 3.19. The normalized spacial score (nSPS) is 13.3. The molecule has 0 saturated heterocycles. The minimum Gasteiger partial charge on any atom is -0.303 e. The van der Waals surface area contributed by atoms with Gasteiger partial charge in [-0.25, -0.2) is 0 Å². The van der Waals surface area contributed by atoms with Gasteiger partial charge in [0.2, 0.25) is 0 Å². The lowest BCUT2D eigenvalue weighted by Gasteiger charge is -2.21. The quantitative estimate of drug-likeness (QED) is 0.790. The van der Waals surface area contributed by atoms with E-state index in [-0.39, 0.29) is 5.56 Å². The first-order chi connectivity index (χ1) is 11.6. The first kappa shape index (κ1) is 14.6. The SMILES string of the molecule is CC1=NNc2c(c(=O)n(Cc3ccncc3)c3ccc(C)cc23)C1. The third kappa shape index (κ3) is 2.38. The summed E-state index contributed by atoms with van der Waals surface area (Å²) in [6.07, 6.45) is 4.09. The van der Waals surface area contributed by atoms with Crippen LogP contribution in [0.25, 0.3) is 10.9 Å². The van der Waals surface area contributed by atoms with E-state index in [1.165, 1.54) is 0 Å². The number of hydrazone groups is 1. The lowest BCUT2D eigenvalue weighted by molar-refractivity contribution is 0.782. The lowest BCUT2D eigenvalue weighted by Crippen LogP contribution is -2.29. The number of aromatic nitrogens is 2. The molecule has 0 amide bonds. The second kappa shape index (κ2) is 5.60. The summed E-state index contributed by atoms with van der Waals surface area (Å²) in [7, 11) is 0. The molecule has 1 aromatic carbocycles. The molecule has 0 radical (unpaired) electrons. The molecule has 0 spiro atoms. The summed E-state index contributed by atoms with van der Waals surface area (Å²) < 4.78 is 1.85. The molecule has 2 aromatic heterocycles. The Balaban J connectivity index is 2.00. The first-order valence-corrected chi connectivity index (χ1v) is 7.97. The van der Waals surface area contributed by atoms with E-state index in [1.54, 1.807) is 12.4 Å². The van der Waals surface area contributed by atoms with Gasteiger partial charge >= 0.3 is 0 Å². The number of hydrogen-bond donors (Lipinski definition) is 1. The Hall–Kier alpha value is -2.95. The fraction of sp³-hybridized carbons (Fsp3) is 0.211. The van der Waals surface area contributed by atoms with Gasteiger partial charge in [0.25, 0.3) is 5.56 Å². The van der Waals surface area contributed by atoms with E-state index in [1.807, 2.05) is 35.8 Å². The Morgan fingerprint density at radius 3 is 2.75 bits per heavy atom. The number of nitrogens with one attached hydrogen (secondary N) is 1. The molecule has 0 aliphatic carbocycles. The van der Waals surface area contributed by atoms with E-state index in [2.05, 4.69) is 28.5 Å². The van der Waals surface area contributed by atoms with Crippen molar-refractivity contribution in [1.29, 1.82) is 0 Å². The van der Waals surface area contributed by atoms with Crippen LogP contribution in [0.2, 0.25) is 0 Å². The molecular formula is C19H18N4O. The standard InChI is InChI=1S/C19H18N4O/c1-12-3-4-17-15(9-12)18-16(10-13(2)21-22-18)19(24)23(17)11-14-5-7-20-8-6-14/h3-9,22H,10-11H2,1-2H3. The predicted octanol–water partition coefficient (Wildman–Crippen LogP) is 3.10. The Bertz CT molecular complexity index is 1020. The summed E-state index contributed by atoms with van der Waals surface area (Å²) >= 11 is 0. The maximum absolute atomic E-state index is 13.1. The average Bonchev–Trinajstić information content (AvgIpc) is 2.59. The molecular weight excluding hydrogens is 300 g/mol. The highest BCUT2D eigenvalue weighted by atomic mass is 16.1. The molecule has 120 valence electrons. The number of hydrogen-bond acceptors (Lipinski definition) is 4. The van der Waals surface area contributed by atoms with E-state index in [4.69, 9.17) is 0 Å². The third-order valence-corrected chi connectivity index (χ3v) is 4.40. The van der Waals surface area contributed by atoms with Crippen LogP contribution in [0.1, 0.15) is 23.6 Å². The summed E-state index contributed by atoms with van der Waals surface area (Å²) in [5.74, 6) is 0. The smallest absolute Gasteiger partial charge is 0.257 e. The van der Waals surface area contributed by atoms with Gasteiger partial charge in [0.05, 0.1) is 17.7 Å². The number of anilines is 1. The number of aryl methyl sites for hydroxylation is 1. The summed E-state index contributed by atoms with van der Waals surface area (Å²) in [6, 6.07) is 10.0. The van der Waals surface area contributed by atoms with Gasteiger partial charge < -0.3 is 4.57 Å². The molecule has 3 heterocycles. The van der Waals surface area contributed by atoms with Gasteiger partial charge in [-0.1, -0.05) is 11.6 Å². The minimum absolute atomic E-state index is 0.0416. The topological polar surface area (TPSA) is 59.3 Å². The molecule has 5 heteroatoms. The van der Waals surface area contributed by atoms with E-state index in [0.717, 1.165) is 39.0 Å². The minimum atomic E-state index is 0.0416. The second-order valence-corrected chi connectivity index (χ2v) is 6.26. The van der Waals surface area contributed by atoms with Crippen molar-refractivity contribution in [2.75, 3.05) is 5.43 Å². The summed E-state index contributed by atoms with van der Waals surface area (Å²) in [5.41, 5.74) is 8.81. The zero-order chi connectivity index (χ0) is 16.7. The number of rotatable bonds is 2. The third-order valence-electron chi connectivity index (χ3n) is 4.40. The number of pyridine rings is 2. The Morgan fingerprint density at radius 2 is 1.96 bits per heavy atom. The van der Waals surface area contributed by atoms with Crippen LogP contribution in [-0.4, -0.2) is 15.3 Å². The second-order valence-electron chi connectivity index (χ2n) is 6.26. The van der Waals surface area contributed by atoms with Gasteiger partial charge in [-0.2, -0.15) is 5.10 Å². The van der Waals surface area contributed by atoms with Crippen LogP contribution < -0.4 is 11.0 Å². The molecule has 24 heavy (non-hydrogen) atoms. The van der Waals surface area contributed by atoms with Crippen molar-refractivity contribution < 1.29 is 0 Å². The Morgan fingerprint density at radius 1 is 1.17 bits per heavy atom. The van der Waals surface area contributed by atoms with Crippen LogP contribution in [0.15, 0.2) is 52.6 Å². The number of nitrogens with zero attached hydrogens (tertiary/aromatic N) is 3. The number of benzene rings is 1. The monoisotopic (exact) mass is 318 g/mol. The zero-order valence-corrected chi connectivity index (χ0v) is 13.7. The Labute approximate surface area is 139 Å². The molecule has 0 atom stereocenters. The lowest BCUT2D eigenvalue weighted by atomic mass is 10.0. The summed E-state index contributed by atoms with van der Waals surface area (Å²) in [4.78, 5) is 17.2. The van der Waals surface area contributed by atoms with Gasteiger partial charge in [0, 0.05) is 35.5 Å². The molecule has 4 rings (SSSR count). The molecule has 0 saturated carbocycles.